The standard InChI is InChI=1S/C15H16N2O2/c1-19-10-12(9-18)17-15-7-6-11(8-16)13-4-2-3-5-14(13)15/h2-7,12,17-18H,9-10H2,1H3. The topological polar surface area (TPSA) is 65.3 Å². The van der Waals surface area contributed by atoms with Crippen LogP contribution in [0.3, 0.4) is 0 Å². The highest BCUT2D eigenvalue weighted by Gasteiger charge is 2.10. The Balaban J connectivity index is 2.42. The van der Waals surface area contributed by atoms with Crippen molar-refractivity contribution in [3.05, 3.63) is 42.0 Å². The van der Waals surface area contributed by atoms with Gasteiger partial charge in [-0.3, -0.25) is 0 Å². The van der Waals surface area contributed by atoms with Crippen LogP contribution in [-0.2, 0) is 4.74 Å². The third kappa shape index (κ3) is 2.84. The minimum Gasteiger partial charge on any atom is -0.394 e. The van der Waals surface area contributed by atoms with Crippen molar-refractivity contribution in [3.8, 4) is 6.07 Å². The van der Waals surface area contributed by atoms with Gasteiger partial charge >= 0.3 is 0 Å². The molecule has 0 saturated heterocycles. The summed E-state index contributed by atoms with van der Waals surface area (Å²) in [6, 6.07) is 13.4. The van der Waals surface area contributed by atoms with Crippen LogP contribution in [0, 0.1) is 11.3 Å². The maximum absolute atomic E-state index is 9.30. The van der Waals surface area contributed by atoms with Crippen LogP contribution >= 0.6 is 0 Å². The van der Waals surface area contributed by atoms with Crippen molar-refractivity contribution in [2.75, 3.05) is 25.6 Å². The summed E-state index contributed by atoms with van der Waals surface area (Å²) in [4.78, 5) is 0. The van der Waals surface area contributed by atoms with E-state index < -0.39 is 0 Å². The molecule has 2 aromatic rings. The number of hydrogen-bond acceptors (Lipinski definition) is 4. The van der Waals surface area contributed by atoms with Crippen molar-refractivity contribution in [1.82, 2.24) is 0 Å². The molecule has 98 valence electrons. The van der Waals surface area contributed by atoms with Crippen LogP contribution in [0.2, 0.25) is 0 Å². The summed E-state index contributed by atoms with van der Waals surface area (Å²) in [5, 5.41) is 23.5. The van der Waals surface area contributed by atoms with Gasteiger partial charge in [-0.15, -0.1) is 0 Å². The number of aliphatic hydroxyl groups is 1. The largest absolute Gasteiger partial charge is 0.394 e. The van der Waals surface area contributed by atoms with Crippen molar-refractivity contribution in [1.29, 1.82) is 5.26 Å². The van der Waals surface area contributed by atoms with Crippen LogP contribution in [-0.4, -0.2) is 31.5 Å². The second kappa shape index (κ2) is 6.19. The van der Waals surface area contributed by atoms with Crippen LogP contribution < -0.4 is 5.32 Å². The van der Waals surface area contributed by atoms with Gasteiger partial charge in [-0.05, 0) is 12.1 Å². The molecule has 1 atom stereocenters. The van der Waals surface area contributed by atoms with E-state index in [-0.39, 0.29) is 12.6 Å². The molecule has 0 fully saturated rings. The second-order valence-corrected chi connectivity index (χ2v) is 4.30. The molecule has 2 aromatic carbocycles. The number of methoxy groups -OCH3 is 1. The monoisotopic (exact) mass is 256 g/mol. The van der Waals surface area contributed by atoms with Gasteiger partial charge in [0.05, 0.1) is 30.9 Å². The Labute approximate surface area is 112 Å². The van der Waals surface area contributed by atoms with E-state index in [9.17, 15) is 5.11 Å². The number of nitrogens with zero attached hydrogens (tertiary/aromatic N) is 1. The predicted molar refractivity (Wildman–Crippen MR) is 75.0 cm³/mol. The molecule has 0 spiro atoms. The Kier molecular flexibility index (Phi) is 4.35. The first-order chi connectivity index (χ1) is 9.30. The minimum absolute atomic E-state index is 0.0117. The molecule has 0 heterocycles. The Morgan fingerprint density at radius 1 is 1.26 bits per heavy atom. The lowest BCUT2D eigenvalue weighted by Gasteiger charge is -2.18. The van der Waals surface area contributed by atoms with Gasteiger partial charge in [0.25, 0.3) is 0 Å². The summed E-state index contributed by atoms with van der Waals surface area (Å²) in [6.45, 7) is 0.410. The van der Waals surface area contributed by atoms with Crippen LogP contribution in [0.5, 0.6) is 0 Å². The SMILES string of the molecule is COCC(CO)Nc1ccc(C#N)c2ccccc12. The van der Waals surface area contributed by atoms with Gasteiger partial charge in [0.2, 0.25) is 0 Å². The summed E-state index contributed by atoms with van der Waals surface area (Å²) in [5.74, 6) is 0. The van der Waals surface area contributed by atoms with E-state index in [1.807, 2.05) is 30.3 Å². The Bertz CT molecular complexity index is 605. The fraction of sp³-hybridized carbons (Fsp3) is 0.267. The fourth-order valence-electron chi connectivity index (χ4n) is 2.08. The molecule has 0 aromatic heterocycles. The van der Waals surface area contributed by atoms with Gasteiger partial charge in [0.1, 0.15) is 0 Å². The lowest BCUT2D eigenvalue weighted by atomic mass is 10.0. The summed E-state index contributed by atoms with van der Waals surface area (Å²) < 4.78 is 5.05. The van der Waals surface area contributed by atoms with Crippen LogP contribution in [0.1, 0.15) is 5.56 Å². The average Bonchev–Trinajstić information content (AvgIpc) is 2.47. The van der Waals surface area contributed by atoms with Crippen LogP contribution in [0.15, 0.2) is 36.4 Å². The lowest BCUT2D eigenvalue weighted by molar-refractivity contribution is 0.153. The number of nitrogens with one attached hydrogen (secondary N) is 1. The predicted octanol–water partition coefficient (Wildman–Crippen LogP) is 2.13. The van der Waals surface area contributed by atoms with Gasteiger partial charge in [0.15, 0.2) is 0 Å². The molecule has 0 radical (unpaired) electrons. The van der Waals surface area contributed by atoms with E-state index in [1.54, 1.807) is 13.2 Å². The molecule has 0 amide bonds. The van der Waals surface area contributed by atoms with Gasteiger partial charge in [-0.1, -0.05) is 24.3 Å². The van der Waals surface area contributed by atoms with E-state index in [4.69, 9.17) is 10.00 Å². The van der Waals surface area contributed by atoms with E-state index in [2.05, 4.69) is 11.4 Å². The quantitative estimate of drug-likeness (QED) is 0.860. The van der Waals surface area contributed by atoms with E-state index in [0.29, 0.717) is 12.2 Å². The summed E-state index contributed by atoms with van der Waals surface area (Å²) in [5.41, 5.74) is 1.54. The van der Waals surface area contributed by atoms with Crippen molar-refractivity contribution in [2.45, 2.75) is 6.04 Å². The fourth-order valence-corrected chi connectivity index (χ4v) is 2.08. The lowest BCUT2D eigenvalue weighted by Crippen LogP contribution is -2.28. The number of ether oxygens (including phenoxy) is 1. The molecular weight excluding hydrogens is 240 g/mol. The van der Waals surface area contributed by atoms with Gasteiger partial charge in [-0.25, -0.2) is 0 Å². The van der Waals surface area contributed by atoms with E-state index in [0.717, 1.165) is 16.5 Å². The number of rotatable bonds is 5. The smallest absolute Gasteiger partial charge is 0.0998 e. The summed E-state index contributed by atoms with van der Waals surface area (Å²) >= 11 is 0. The molecule has 2 N–H and O–H groups in total. The first-order valence-electron chi connectivity index (χ1n) is 6.08. The first-order valence-corrected chi connectivity index (χ1v) is 6.08. The third-order valence-corrected chi connectivity index (χ3v) is 2.99. The molecule has 2 rings (SSSR count). The maximum Gasteiger partial charge on any atom is 0.0998 e. The zero-order valence-corrected chi connectivity index (χ0v) is 10.8. The minimum atomic E-state index is -0.165. The zero-order valence-electron chi connectivity index (χ0n) is 10.8. The van der Waals surface area contributed by atoms with Crippen molar-refractivity contribution in [2.24, 2.45) is 0 Å². The number of hydrogen-bond donors (Lipinski definition) is 2. The molecule has 0 aliphatic heterocycles. The van der Waals surface area contributed by atoms with E-state index >= 15 is 0 Å². The molecular formula is C15H16N2O2. The average molecular weight is 256 g/mol. The highest BCUT2D eigenvalue weighted by Crippen LogP contribution is 2.26. The molecule has 0 bridgehead atoms. The van der Waals surface area contributed by atoms with Crippen molar-refractivity contribution in [3.63, 3.8) is 0 Å². The normalized spacial score (nSPS) is 12.1. The molecule has 0 aliphatic rings. The molecule has 19 heavy (non-hydrogen) atoms. The molecule has 0 saturated carbocycles. The number of aliphatic hydroxyl groups excluding tert-OH is 1. The van der Waals surface area contributed by atoms with Crippen LogP contribution in [0.25, 0.3) is 10.8 Å². The zero-order chi connectivity index (χ0) is 13.7. The van der Waals surface area contributed by atoms with Gasteiger partial charge in [-0.2, -0.15) is 5.26 Å². The van der Waals surface area contributed by atoms with Gasteiger partial charge < -0.3 is 15.2 Å². The second-order valence-electron chi connectivity index (χ2n) is 4.30. The number of benzene rings is 2. The highest BCUT2D eigenvalue weighted by molar-refractivity contribution is 5.97. The molecule has 4 nitrogen and oxygen atoms in total. The Morgan fingerprint density at radius 3 is 2.63 bits per heavy atom. The van der Waals surface area contributed by atoms with Crippen molar-refractivity contribution < 1.29 is 9.84 Å². The summed E-state index contributed by atoms with van der Waals surface area (Å²) in [7, 11) is 1.60. The maximum atomic E-state index is 9.30. The highest BCUT2D eigenvalue weighted by atomic mass is 16.5. The van der Waals surface area contributed by atoms with Crippen LogP contribution in [0.4, 0.5) is 5.69 Å². The number of anilines is 1. The molecule has 4 heteroatoms. The Hall–Kier alpha value is -2.09. The molecule has 0 aliphatic carbocycles. The van der Waals surface area contributed by atoms with Crippen molar-refractivity contribution >= 4 is 16.5 Å². The number of nitriles is 1. The van der Waals surface area contributed by atoms with E-state index in [1.165, 1.54) is 0 Å². The first kappa shape index (κ1) is 13.3. The number of fused-ring (bicyclic) bond motifs is 1. The van der Waals surface area contributed by atoms with Gasteiger partial charge in [0, 0.05) is 23.6 Å². The third-order valence-electron chi connectivity index (χ3n) is 2.99. The Morgan fingerprint density at radius 2 is 2.00 bits per heavy atom. The molecule has 1 unspecified atom stereocenters. The summed E-state index contributed by atoms with van der Waals surface area (Å²) in [6.07, 6.45) is 0.